The number of hydrogen-bond acceptors (Lipinski definition) is 3. The van der Waals surface area contributed by atoms with Gasteiger partial charge in [-0.2, -0.15) is 0 Å². The molecule has 0 aliphatic heterocycles. The molecule has 0 radical (unpaired) electrons. The number of anilines is 1. The molecule has 2 N–H and O–H groups in total. The summed E-state index contributed by atoms with van der Waals surface area (Å²) in [4.78, 5) is 16.3. The van der Waals surface area contributed by atoms with Crippen molar-refractivity contribution in [1.29, 1.82) is 0 Å². The van der Waals surface area contributed by atoms with Gasteiger partial charge in [0.25, 0.3) is 5.91 Å². The summed E-state index contributed by atoms with van der Waals surface area (Å²) in [6.45, 7) is 3.64. The number of aliphatic hydroxyl groups is 1. The smallest absolute Gasteiger partial charge is 0.256 e. The van der Waals surface area contributed by atoms with Crippen LogP contribution in [0.2, 0.25) is 0 Å². The summed E-state index contributed by atoms with van der Waals surface area (Å²) in [5.41, 5.74) is 3.27. The van der Waals surface area contributed by atoms with Gasteiger partial charge in [-0.1, -0.05) is 11.8 Å². The second kappa shape index (κ2) is 6.69. The maximum Gasteiger partial charge on any atom is 0.256 e. The first-order chi connectivity index (χ1) is 10.1. The second-order valence-corrected chi connectivity index (χ2v) is 4.66. The molecule has 106 valence electrons. The van der Waals surface area contributed by atoms with E-state index in [0.717, 1.165) is 16.7 Å². The van der Waals surface area contributed by atoms with Gasteiger partial charge in [-0.05, 0) is 55.3 Å². The van der Waals surface area contributed by atoms with E-state index in [2.05, 4.69) is 22.1 Å². The van der Waals surface area contributed by atoms with Gasteiger partial charge in [0.15, 0.2) is 0 Å². The van der Waals surface area contributed by atoms with E-state index in [1.54, 1.807) is 24.4 Å². The van der Waals surface area contributed by atoms with Crippen molar-refractivity contribution < 1.29 is 9.90 Å². The average Bonchev–Trinajstić information content (AvgIpc) is 2.46. The van der Waals surface area contributed by atoms with Crippen molar-refractivity contribution in [3.63, 3.8) is 0 Å². The molecule has 1 aromatic carbocycles. The van der Waals surface area contributed by atoms with Crippen molar-refractivity contribution in [1.82, 2.24) is 4.98 Å². The maximum absolute atomic E-state index is 12.2. The highest BCUT2D eigenvalue weighted by atomic mass is 16.2. The third kappa shape index (κ3) is 3.91. The zero-order valence-electron chi connectivity index (χ0n) is 12.0. The number of aliphatic hydroxyl groups excluding tert-OH is 1. The molecular formula is C17H16N2O2. The summed E-state index contributed by atoms with van der Waals surface area (Å²) in [5.74, 6) is 5.76. The molecule has 0 atom stereocenters. The van der Waals surface area contributed by atoms with Gasteiger partial charge in [0.2, 0.25) is 0 Å². The fourth-order valence-electron chi connectivity index (χ4n) is 1.87. The molecule has 0 saturated carbocycles. The van der Waals surface area contributed by atoms with Crippen molar-refractivity contribution in [3.05, 3.63) is 58.8 Å². The Morgan fingerprint density at radius 2 is 2.10 bits per heavy atom. The zero-order valence-corrected chi connectivity index (χ0v) is 12.0. The van der Waals surface area contributed by atoms with E-state index in [-0.39, 0.29) is 12.5 Å². The molecule has 1 amide bonds. The molecular weight excluding hydrogens is 264 g/mol. The van der Waals surface area contributed by atoms with Gasteiger partial charge in [-0.15, -0.1) is 0 Å². The highest BCUT2D eigenvalue weighted by Gasteiger charge is 2.08. The molecule has 21 heavy (non-hydrogen) atoms. The predicted octanol–water partition coefficient (Wildman–Crippen LogP) is 2.29. The molecule has 0 fully saturated rings. The minimum atomic E-state index is -0.210. The number of nitrogens with zero attached hydrogens (tertiary/aromatic N) is 1. The lowest BCUT2D eigenvalue weighted by Gasteiger charge is -2.06. The number of aryl methyl sites for hydroxylation is 2. The fourth-order valence-corrected chi connectivity index (χ4v) is 1.87. The van der Waals surface area contributed by atoms with Crippen LogP contribution in [0.25, 0.3) is 0 Å². The molecule has 0 aliphatic carbocycles. The molecule has 2 aromatic rings. The fraction of sp³-hybridized carbons (Fsp3) is 0.176. The van der Waals surface area contributed by atoms with Crippen LogP contribution in [0.3, 0.4) is 0 Å². The molecule has 4 heteroatoms. The number of aromatic nitrogens is 1. The van der Waals surface area contributed by atoms with E-state index in [1.165, 1.54) is 0 Å². The van der Waals surface area contributed by atoms with Crippen LogP contribution in [0, 0.1) is 25.7 Å². The van der Waals surface area contributed by atoms with Crippen molar-refractivity contribution >= 4 is 11.7 Å². The first-order valence-electron chi connectivity index (χ1n) is 6.54. The number of carbonyl (C=O) groups excluding carboxylic acids is 1. The molecule has 2 rings (SSSR count). The van der Waals surface area contributed by atoms with Gasteiger partial charge in [0, 0.05) is 17.3 Å². The van der Waals surface area contributed by atoms with Crippen LogP contribution < -0.4 is 5.32 Å². The second-order valence-electron chi connectivity index (χ2n) is 4.66. The maximum atomic E-state index is 12.2. The van der Waals surface area contributed by atoms with Crippen LogP contribution in [0.15, 0.2) is 36.5 Å². The summed E-state index contributed by atoms with van der Waals surface area (Å²) in [6.07, 6.45) is 1.66. The van der Waals surface area contributed by atoms with E-state index in [1.807, 2.05) is 26.0 Å². The molecule has 1 aromatic heterocycles. The zero-order chi connectivity index (χ0) is 15.2. The first kappa shape index (κ1) is 14.8. The molecule has 0 aliphatic rings. The van der Waals surface area contributed by atoms with Gasteiger partial charge >= 0.3 is 0 Å². The van der Waals surface area contributed by atoms with Gasteiger partial charge in [0.1, 0.15) is 12.4 Å². The number of carbonyl (C=O) groups is 1. The van der Waals surface area contributed by atoms with Gasteiger partial charge < -0.3 is 10.4 Å². The lowest BCUT2D eigenvalue weighted by atomic mass is 10.0. The lowest BCUT2D eigenvalue weighted by molar-refractivity contribution is 0.102. The van der Waals surface area contributed by atoms with Crippen molar-refractivity contribution in [3.8, 4) is 11.8 Å². The molecule has 1 heterocycles. The summed E-state index contributed by atoms with van der Waals surface area (Å²) in [6, 6.07) is 8.93. The average molecular weight is 280 g/mol. The number of pyridine rings is 1. The highest BCUT2D eigenvalue weighted by molar-refractivity contribution is 6.04. The molecule has 4 nitrogen and oxygen atoms in total. The Hall–Kier alpha value is -2.64. The summed E-state index contributed by atoms with van der Waals surface area (Å²) >= 11 is 0. The van der Waals surface area contributed by atoms with Crippen molar-refractivity contribution in [2.24, 2.45) is 0 Å². The van der Waals surface area contributed by atoms with Crippen LogP contribution >= 0.6 is 0 Å². The summed E-state index contributed by atoms with van der Waals surface area (Å²) in [5, 5.41) is 11.5. The van der Waals surface area contributed by atoms with E-state index < -0.39 is 0 Å². The van der Waals surface area contributed by atoms with Crippen LogP contribution in [0.5, 0.6) is 0 Å². The van der Waals surface area contributed by atoms with Crippen LogP contribution in [0.1, 0.15) is 27.0 Å². The normalized spacial score (nSPS) is 9.67. The number of benzene rings is 1. The Balaban J connectivity index is 2.18. The Morgan fingerprint density at radius 1 is 1.29 bits per heavy atom. The van der Waals surface area contributed by atoms with Crippen LogP contribution in [-0.2, 0) is 0 Å². The van der Waals surface area contributed by atoms with E-state index >= 15 is 0 Å². The summed E-state index contributed by atoms with van der Waals surface area (Å²) < 4.78 is 0. The highest BCUT2D eigenvalue weighted by Crippen LogP contribution is 2.12. The minimum Gasteiger partial charge on any atom is -0.384 e. The summed E-state index contributed by atoms with van der Waals surface area (Å²) in [7, 11) is 0. The molecule has 0 saturated heterocycles. The van der Waals surface area contributed by atoms with Crippen molar-refractivity contribution in [2.75, 3.05) is 11.9 Å². The Bertz CT molecular complexity index is 727. The molecule has 0 bridgehead atoms. The van der Waals surface area contributed by atoms with Gasteiger partial charge in [0.05, 0.1) is 0 Å². The number of hydrogen-bond donors (Lipinski definition) is 2. The van der Waals surface area contributed by atoms with E-state index in [4.69, 9.17) is 5.11 Å². The quantitative estimate of drug-likeness (QED) is 0.830. The molecule has 0 spiro atoms. The Labute approximate surface area is 123 Å². The lowest BCUT2D eigenvalue weighted by Crippen LogP contribution is -2.13. The largest absolute Gasteiger partial charge is 0.384 e. The SMILES string of the molecule is Cc1ccnc(NC(=O)c2ccc(C#CCO)c(C)c2)c1. The number of rotatable bonds is 2. The van der Waals surface area contributed by atoms with Crippen molar-refractivity contribution in [2.45, 2.75) is 13.8 Å². The standard InChI is InChI=1S/C17H16N2O2/c1-12-7-8-18-16(10-12)19-17(21)15-6-5-14(4-3-9-20)13(2)11-15/h5-8,10-11,20H,9H2,1-2H3,(H,18,19,21). The Kier molecular flexibility index (Phi) is 4.70. The molecule has 0 unspecified atom stereocenters. The predicted molar refractivity (Wildman–Crippen MR) is 82.1 cm³/mol. The van der Waals surface area contributed by atoms with E-state index in [9.17, 15) is 4.79 Å². The third-order valence-corrected chi connectivity index (χ3v) is 2.95. The van der Waals surface area contributed by atoms with Gasteiger partial charge in [-0.25, -0.2) is 4.98 Å². The van der Waals surface area contributed by atoms with Crippen LogP contribution in [-0.4, -0.2) is 22.6 Å². The van der Waals surface area contributed by atoms with Crippen LogP contribution in [0.4, 0.5) is 5.82 Å². The minimum absolute atomic E-state index is 0.180. The number of amides is 1. The first-order valence-corrected chi connectivity index (χ1v) is 6.54. The monoisotopic (exact) mass is 280 g/mol. The number of nitrogens with one attached hydrogen (secondary N) is 1. The third-order valence-electron chi connectivity index (χ3n) is 2.95. The Morgan fingerprint density at radius 3 is 2.76 bits per heavy atom. The topological polar surface area (TPSA) is 62.2 Å². The van der Waals surface area contributed by atoms with E-state index in [0.29, 0.717) is 11.4 Å². The van der Waals surface area contributed by atoms with Gasteiger partial charge in [-0.3, -0.25) is 4.79 Å².